The summed E-state index contributed by atoms with van der Waals surface area (Å²) in [5.41, 5.74) is 1.25. The van der Waals surface area contributed by atoms with E-state index in [9.17, 15) is 9.59 Å². The van der Waals surface area contributed by atoms with Gasteiger partial charge in [0.1, 0.15) is 0 Å². The van der Waals surface area contributed by atoms with E-state index in [1.54, 1.807) is 42.5 Å². The highest BCUT2D eigenvalue weighted by Gasteiger charge is 2.11. The Morgan fingerprint density at radius 1 is 1.00 bits per heavy atom. The second-order valence-electron chi connectivity index (χ2n) is 6.32. The zero-order valence-electron chi connectivity index (χ0n) is 16.8. The van der Waals surface area contributed by atoms with Gasteiger partial charge in [-0.2, -0.15) is 0 Å². The number of hydrogen-bond donors (Lipinski definition) is 1. The van der Waals surface area contributed by atoms with Gasteiger partial charge in [-0.05, 0) is 35.9 Å². The Bertz CT molecular complexity index is 939. The summed E-state index contributed by atoms with van der Waals surface area (Å²) in [6.07, 6.45) is 3.66. The molecule has 2 aromatic rings. The van der Waals surface area contributed by atoms with Gasteiger partial charge in [0.15, 0.2) is 29.6 Å². The molecule has 0 saturated heterocycles. The molecule has 8 heteroatoms. The lowest BCUT2D eigenvalue weighted by Gasteiger charge is -2.10. The standard InChI is InChI=1S/C22H23NO7/c1-26-17-8-6-16(13-19(17)27-2)23-21(24)14-30-22(25)9-5-15-4-7-18-20(12-15)29-11-3-10-28-18/h4-9,12-13H,3,10-11,14H2,1-2H3,(H,23,24)/b9-5+. The third-order valence-corrected chi connectivity index (χ3v) is 4.20. The first-order valence-corrected chi connectivity index (χ1v) is 9.35. The lowest BCUT2D eigenvalue weighted by Crippen LogP contribution is -2.20. The maximum atomic E-state index is 12.0. The minimum Gasteiger partial charge on any atom is -0.493 e. The number of amides is 1. The summed E-state index contributed by atoms with van der Waals surface area (Å²) in [4.78, 5) is 23.9. The number of ether oxygens (including phenoxy) is 5. The number of anilines is 1. The van der Waals surface area contributed by atoms with Gasteiger partial charge >= 0.3 is 5.97 Å². The van der Waals surface area contributed by atoms with Gasteiger partial charge in [-0.1, -0.05) is 6.07 Å². The molecule has 158 valence electrons. The van der Waals surface area contributed by atoms with E-state index in [0.29, 0.717) is 41.9 Å². The summed E-state index contributed by atoms with van der Waals surface area (Å²) in [5, 5.41) is 2.63. The first-order chi connectivity index (χ1) is 14.6. The van der Waals surface area contributed by atoms with E-state index < -0.39 is 18.5 Å². The number of hydrogen-bond acceptors (Lipinski definition) is 7. The molecule has 8 nitrogen and oxygen atoms in total. The van der Waals surface area contributed by atoms with Gasteiger partial charge < -0.3 is 29.0 Å². The molecule has 0 spiro atoms. The second kappa shape index (κ2) is 10.2. The summed E-state index contributed by atoms with van der Waals surface area (Å²) < 4.78 is 26.5. The average molecular weight is 413 g/mol. The van der Waals surface area contributed by atoms with Crippen molar-refractivity contribution in [1.82, 2.24) is 0 Å². The third kappa shape index (κ3) is 5.66. The molecule has 1 aliphatic rings. The molecule has 1 amide bonds. The number of nitrogens with one attached hydrogen (secondary N) is 1. The van der Waals surface area contributed by atoms with Crippen LogP contribution in [0.4, 0.5) is 5.69 Å². The number of benzene rings is 2. The van der Waals surface area contributed by atoms with Crippen LogP contribution in [0.25, 0.3) is 6.08 Å². The van der Waals surface area contributed by atoms with E-state index in [0.717, 1.165) is 12.0 Å². The van der Waals surface area contributed by atoms with Crippen molar-refractivity contribution < 1.29 is 33.3 Å². The van der Waals surface area contributed by atoms with Gasteiger partial charge in [-0.15, -0.1) is 0 Å². The molecule has 0 bridgehead atoms. The van der Waals surface area contributed by atoms with Crippen LogP contribution in [-0.2, 0) is 14.3 Å². The van der Waals surface area contributed by atoms with Gasteiger partial charge in [-0.25, -0.2) is 4.79 Å². The van der Waals surface area contributed by atoms with Crippen LogP contribution in [0.3, 0.4) is 0 Å². The Morgan fingerprint density at radius 2 is 1.77 bits per heavy atom. The molecule has 1 aliphatic heterocycles. The predicted octanol–water partition coefficient (Wildman–Crippen LogP) is 3.06. The van der Waals surface area contributed by atoms with Crippen LogP contribution in [0.1, 0.15) is 12.0 Å². The first-order valence-electron chi connectivity index (χ1n) is 9.35. The molecule has 0 aromatic heterocycles. The molecule has 1 heterocycles. The highest BCUT2D eigenvalue weighted by Crippen LogP contribution is 2.31. The Hall–Kier alpha value is -3.68. The van der Waals surface area contributed by atoms with E-state index in [4.69, 9.17) is 23.7 Å². The zero-order valence-corrected chi connectivity index (χ0v) is 16.8. The Morgan fingerprint density at radius 3 is 2.53 bits per heavy atom. The maximum absolute atomic E-state index is 12.0. The van der Waals surface area contributed by atoms with Crippen molar-refractivity contribution in [2.24, 2.45) is 0 Å². The smallest absolute Gasteiger partial charge is 0.331 e. The van der Waals surface area contributed by atoms with Crippen LogP contribution < -0.4 is 24.3 Å². The van der Waals surface area contributed by atoms with Crippen LogP contribution in [-0.4, -0.2) is 45.9 Å². The fraction of sp³-hybridized carbons (Fsp3) is 0.273. The molecule has 0 saturated carbocycles. The van der Waals surface area contributed by atoms with Crippen molar-refractivity contribution in [1.29, 1.82) is 0 Å². The van der Waals surface area contributed by atoms with Gasteiger partial charge in [0, 0.05) is 24.3 Å². The van der Waals surface area contributed by atoms with Crippen LogP contribution in [0, 0.1) is 0 Å². The number of carbonyl (C=O) groups excluding carboxylic acids is 2. The summed E-state index contributed by atoms with van der Waals surface area (Å²) in [6.45, 7) is 0.774. The number of esters is 1. The summed E-state index contributed by atoms with van der Waals surface area (Å²) in [7, 11) is 3.02. The summed E-state index contributed by atoms with van der Waals surface area (Å²) in [6, 6.07) is 10.3. The second-order valence-corrected chi connectivity index (χ2v) is 6.32. The van der Waals surface area contributed by atoms with Crippen LogP contribution in [0.5, 0.6) is 23.0 Å². The summed E-state index contributed by atoms with van der Waals surface area (Å²) >= 11 is 0. The predicted molar refractivity (Wildman–Crippen MR) is 110 cm³/mol. The molecule has 2 aromatic carbocycles. The topological polar surface area (TPSA) is 92.3 Å². The van der Waals surface area contributed by atoms with Crippen LogP contribution in [0.15, 0.2) is 42.5 Å². The highest BCUT2D eigenvalue weighted by molar-refractivity contribution is 5.94. The molecule has 30 heavy (non-hydrogen) atoms. The molecule has 1 N–H and O–H groups in total. The maximum Gasteiger partial charge on any atom is 0.331 e. The van der Waals surface area contributed by atoms with E-state index in [2.05, 4.69) is 5.32 Å². The van der Waals surface area contributed by atoms with E-state index in [-0.39, 0.29) is 0 Å². The molecule has 0 atom stereocenters. The zero-order chi connectivity index (χ0) is 21.3. The molecule has 0 fully saturated rings. The van der Waals surface area contributed by atoms with Crippen molar-refractivity contribution in [3.8, 4) is 23.0 Å². The molecule has 0 aliphatic carbocycles. The van der Waals surface area contributed by atoms with E-state index >= 15 is 0 Å². The van der Waals surface area contributed by atoms with Crippen molar-refractivity contribution >= 4 is 23.6 Å². The fourth-order valence-corrected chi connectivity index (χ4v) is 2.74. The number of rotatable bonds is 7. The normalized spacial score (nSPS) is 12.7. The largest absolute Gasteiger partial charge is 0.493 e. The van der Waals surface area contributed by atoms with Crippen molar-refractivity contribution in [2.75, 3.05) is 39.4 Å². The first kappa shape index (κ1) is 21.0. The van der Waals surface area contributed by atoms with E-state index in [1.807, 2.05) is 0 Å². The molecule has 0 unspecified atom stereocenters. The van der Waals surface area contributed by atoms with Crippen molar-refractivity contribution in [3.63, 3.8) is 0 Å². The lowest BCUT2D eigenvalue weighted by molar-refractivity contribution is -0.142. The van der Waals surface area contributed by atoms with Gasteiger partial charge in [0.25, 0.3) is 5.91 Å². The summed E-state index contributed by atoms with van der Waals surface area (Å²) in [5.74, 6) is 1.23. The van der Waals surface area contributed by atoms with E-state index in [1.165, 1.54) is 20.3 Å². The Labute approximate surface area is 174 Å². The Balaban J connectivity index is 1.50. The number of fused-ring (bicyclic) bond motifs is 1. The van der Waals surface area contributed by atoms with Crippen molar-refractivity contribution in [2.45, 2.75) is 6.42 Å². The monoisotopic (exact) mass is 413 g/mol. The van der Waals surface area contributed by atoms with Gasteiger partial charge in [0.2, 0.25) is 0 Å². The number of carbonyl (C=O) groups is 2. The van der Waals surface area contributed by atoms with Crippen LogP contribution >= 0.6 is 0 Å². The third-order valence-electron chi connectivity index (χ3n) is 4.20. The number of methoxy groups -OCH3 is 2. The average Bonchev–Trinajstić information content (AvgIpc) is 3.01. The quantitative estimate of drug-likeness (QED) is 0.551. The van der Waals surface area contributed by atoms with Crippen LogP contribution in [0.2, 0.25) is 0 Å². The van der Waals surface area contributed by atoms with Gasteiger partial charge in [0.05, 0.1) is 27.4 Å². The molecular formula is C22H23NO7. The van der Waals surface area contributed by atoms with Crippen molar-refractivity contribution in [3.05, 3.63) is 48.0 Å². The van der Waals surface area contributed by atoms with Gasteiger partial charge in [-0.3, -0.25) is 4.79 Å². The Kier molecular flexibility index (Phi) is 7.15. The SMILES string of the molecule is COc1ccc(NC(=O)COC(=O)/C=C/c2ccc3c(c2)OCCCO3)cc1OC. The minimum atomic E-state index is -0.635. The molecule has 3 rings (SSSR count). The highest BCUT2D eigenvalue weighted by atomic mass is 16.5. The minimum absolute atomic E-state index is 0.418. The molecular weight excluding hydrogens is 390 g/mol. The lowest BCUT2D eigenvalue weighted by atomic mass is 10.2. The molecule has 0 radical (unpaired) electrons. The fourth-order valence-electron chi connectivity index (χ4n) is 2.74.